The van der Waals surface area contributed by atoms with E-state index in [1.54, 1.807) is 12.1 Å². The van der Waals surface area contributed by atoms with Crippen LogP contribution in [0.25, 0.3) is 5.57 Å². The highest BCUT2D eigenvalue weighted by Gasteiger charge is 2.44. The number of ketones is 1. The Morgan fingerprint density at radius 3 is 2.62 bits per heavy atom. The molecule has 6 heteroatoms. The maximum absolute atomic E-state index is 13.5. The largest absolute Gasteiger partial charge is 0.506 e. The zero-order valence-corrected chi connectivity index (χ0v) is 18.6. The van der Waals surface area contributed by atoms with E-state index in [4.69, 9.17) is 14.2 Å². The topological polar surface area (TPSA) is 88.8 Å². The van der Waals surface area contributed by atoms with Gasteiger partial charge in [-0.15, -0.1) is 0 Å². The maximum atomic E-state index is 13.5. The molecular formula is C26H25NO5. The van der Waals surface area contributed by atoms with Crippen LogP contribution in [0.2, 0.25) is 0 Å². The summed E-state index contributed by atoms with van der Waals surface area (Å²) < 4.78 is 17.4. The molecule has 1 atom stereocenters. The molecule has 2 aromatic carbocycles. The second kappa shape index (κ2) is 6.93. The van der Waals surface area contributed by atoms with Crippen LogP contribution >= 0.6 is 0 Å². The van der Waals surface area contributed by atoms with Gasteiger partial charge in [0.15, 0.2) is 11.6 Å². The molecule has 1 N–H and O–H groups in total. The number of benzene rings is 2. The number of aromatic hydroxyl groups is 1. The molecule has 164 valence electrons. The average Bonchev–Trinajstić information content (AvgIpc) is 3.32. The van der Waals surface area contributed by atoms with E-state index in [1.807, 2.05) is 38.1 Å². The van der Waals surface area contributed by atoms with Gasteiger partial charge in [-0.2, -0.15) is 5.26 Å². The molecule has 1 aliphatic heterocycles. The van der Waals surface area contributed by atoms with E-state index >= 15 is 0 Å². The van der Waals surface area contributed by atoms with Crippen LogP contribution in [0.15, 0.2) is 35.9 Å². The minimum atomic E-state index is -0.602. The summed E-state index contributed by atoms with van der Waals surface area (Å²) in [7, 11) is 0. The summed E-state index contributed by atoms with van der Waals surface area (Å²) in [5, 5.41) is 19.9. The molecule has 0 aromatic heterocycles. The fourth-order valence-corrected chi connectivity index (χ4v) is 5.02. The van der Waals surface area contributed by atoms with Crippen LogP contribution in [0, 0.1) is 11.3 Å². The number of carbonyl (C=O) groups is 1. The third-order valence-corrected chi connectivity index (χ3v) is 6.72. The molecule has 1 fully saturated rings. The lowest BCUT2D eigenvalue weighted by atomic mass is 9.68. The Hall–Kier alpha value is -3.14. The van der Waals surface area contributed by atoms with Gasteiger partial charge in [0.2, 0.25) is 0 Å². The summed E-state index contributed by atoms with van der Waals surface area (Å²) in [4.78, 5) is 13.5. The summed E-state index contributed by atoms with van der Waals surface area (Å²) in [6.07, 6.45) is 0.295. The van der Waals surface area contributed by atoms with Gasteiger partial charge in [-0.1, -0.05) is 19.9 Å². The van der Waals surface area contributed by atoms with Gasteiger partial charge in [-0.25, -0.2) is 0 Å². The third kappa shape index (κ3) is 3.04. The second-order valence-corrected chi connectivity index (χ2v) is 9.55. The van der Waals surface area contributed by atoms with E-state index in [2.05, 4.69) is 13.8 Å². The first-order chi connectivity index (χ1) is 15.1. The van der Waals surface area contributed by atoms with Crippen molar-refractivity contribution in [3.8, 4) is 17.6 Å². The first kappa shape index (κ1) is 20.7. The average molecular weight is 431 g/mol. The van der Waals surface area contributed by atoms with E-state index < -0.39 is 11.2 Å². The Balaban J connectivity index is 1.47. The molecule has 0 bridgehead atoms. The number of hydrogen-bond donors (Lipinski definition) is 1. The predicted molar refractivity (Wildman–Crippen MR) is 118 cm³/mol. The van der Waals surface area contributed by atoms with Crippen molar-refractivity contribution >= 4 is 11.4 Å². The van der Waals surface area contributed by atoms with Crippen molar-refractivity contribution in [3.63, 3.8) is 0 Å². The zero-order chi connectivity index (χ0) is 22.8. The second-order valence-electron chi connectivity index (χ2n) is 9.55. The van der Waals surface area contributed by atoms with Crippen molar-refractivity contribution in [3.05, 3.63) is 63.7 Å². The van der Waals surface area contributed by atoms with Gasteiger partial charge in [-0.05, 0) is 61.2 Å². The number of carbonyl (C=O) groups excluding carboxylic acids is 1. The molecule has 0 amide bonds. The highest BCUT2D eigenvalue weighted by Crippen LogP contribution is 2.52. The van der Waals surface area contributed by atoms with Crippen molar-refractivity contribution < 1.29 is 24.1 Å². The summed E-state index contributed by atoms with van der Waals surface area (Å²) in [6, 6.07) is 10.9. The van der Waals surface area contributed by atoms with Gasteiger partial charge < -0.3 is 19.3 Å². The number of Topliss-reactive ketones (excluding diaryl/α,β-unsaturated/α-hetero) is 1. The summed E-state index contributed by atoms with van der Waals surface area (Å²) in [6.45, 7) is 8.76. The third-order valence-electron chi connectivity index (χ3n) is 6.72. The van der Waals surface area contributed by atoms with Gasteiger partial charge in [0, 0.05) is 22.1 Å². The first-order valence-corrected chi connectivity index (χ1v) is 10.7. The van der Waals surface area contributed by atoms with Gasteiger partial charge in [-0.3, -0.25) is 4.79 Å². The predicted octanol–water partition coefficient (Wildman–Crippen LogP) is 4.28. The molecule has 0 radical (unpaired) electrons. The lowest BCUT2D eigenvalue weighted by molar-refractivity contribution is -0.141. The number of phenolic OH excluding ortho intramolecular Hbond substituents is 1. The highest BCUT2D eigenvalue weighted by atomic mass is 16.7. The molecule has 3 aliphatic rings. The Bertz CT molecular complexity index is 1230. The van der Waals surface area contributed by atoms with Gasteiger partial charge >= 0.3 is 0 Å². The van der Waals surface area contributed by atoms with Crippen LogP contribution in [-0.4, -0.2) is 36.0 Å². The van der Waals surface area contributed by atoms with Gasteiger partial charge in [0.25, 0.3) is 0 Å². The van der Waals surface area contributed by atoms with E-state index in [1.165, 1.54) is 0 Å². The Kier molecular flexibility index (Phi) is 4.49. The fourth-order valence-electron chi connectivity index (χ4n) is 5.02. The molecular weight excluding hydrogens is 406 g/mol. The Labute approximate surface area is 187 Å². The van der Waals surface area contributed by atoms with E-state index in [-0.39, 0.29) is 23.2 Å². The van der Waals surface area contributed by atoms with Crippen LogP contribution in [-0.2, 0) is 21.3 Å². The highest BCUT2D eigenvalue weighted by molar-refractivity contribution is 6.33. The minimum Gasteiger partial charge on any atom is -0.506 e. The van der Waals surface area contributed by atoms with Crippen LogP contribution in [0.4, 0.5) is 0 Å². The fraction of sp³-hybridized carbons (Fsp3) is 0.385. The summed E-state index contributed by atoms with van der Waals surface area (Å²) in [5.74, 6) is -0.0156. The minimum absolute atomic E-state index is 0.0298. The lowest BCUT2D eigenvalue weighted by Gasteiger charge is -2.34. The van der Waals surface area contributed by atoms with Crippen molar-refractivity contribution in [1.82, 2.24) is 0 Å². The summed E-state index contributed by atoms with van der Waals surface area (Å²) >= 11 is 0. The smallest absolute Gasteiger partial charge is 0.193 e. The van der Waals surface area contributed by atoms with Crippen LogP contribution < -0.4 is 4.74 Å². The normalized spacial score (nSPS) is 22.2. The number of allylic oxidation sites excluding steroid dienone is 2. The molecule has 2 aliphatic carbocycles. The first-order valence-electron chi connectivity index (χ1n) is 10.7. The Morgan fingerprint density at radius 1 is 1.19 bits per heavy atom. The lowest BCUT2D eigenvalue weighted by Crippen LogP contribution is -2.30. The molecule has 0 unspecified atom stereocenters. The number of rotatable bonds is 3. The quantitative estimate of drug-likeness (QED) is 0.780. The van der Waals surface area contributed by atoms with Gasteiger partial charge in [0.05, 0.1) is 12.2 Å². The van der Waals surface area contributed by atoms with Crippen molar-refractivity contribution in [2.24, 2.45) is 0 Å². The van der Waals surface area contributed by atoms with Crippen molar-refractivity contribution in [1.29, 1.82) is 5.26 Å². The Morgan fingerprint density at radius 2 is 1.94 bits per heavy atom. The summed E-state index contributed by atoms with van der Waals surface area (Å²) in [5.41, 5.74) is 4.30. The number of phenols is 1. The van der Waals surface area contributed by atoms with Crippen molar-refractivity contribution in [2.75, 3.05) is 13.2 Å². The maximum Gasteiger partial charge on any atom is 0.193 e. The van der Waals surface area contributed by atoms with Gasteiger partial charge in [0.1, 0.15) is 30.3 Å². The number of nitrogens with zero attached hydrogens (tertiary/aromatic N) is 1. The molecule has 1 saturated heterocycles. The molecule has 6 nitrogen and oxygen atoms in total. The number of nitriles is 1. The standard InChI is InChI=1S/C26H25NO5/c1-25(2)20-9-15(30-12-16-13-31-26(3,4)32-16)6-8-18(20)24(29)22-17-7-5-14(11-27)23(28)19(17)10-21(22)25/h5-9,16,28H,10,12-13H2,1-4H3/t16-/m0/s1. The SMILES string of the molecule is CC1(C)OC[C@H](COc2ccc3c(c2)C(C)(C)C2=C(C3=O)c3ccc(C#N)c(O)c3C2)O1. The number of ether oxygens (including phenoxy) is 3. The zero-order valence-electron chi connectivity index (χ0n) is 18.6. The molecule has 5 rings (SSSR count). The molecule has 1 heterocycles. The number of fused-ring (bicyclic) bond motifs is 3. The van der Waals surface area contributed by atoms with Crippen LogP contribution in [0.3, 0.4) is 0 Å². The van der Waals surface area contributed by atoms with E-state index in [0.29, 0.717) is 42.1 Å². The molecule has 2 aromatic rings. The van der Waals surface area contributed by atoms with E-state index in [0.717, 1.165) is 16.7 Å². The molecule has 0 saturated carbocycles. The van der Waals surface area contributed by atoms with Crippen LogP contribution in [0.5, 0.6) is 11.5 Å². The van der Waals surface area contributed by atoms with Crippen molar-refractivity contribution in [2.45, 2.75) is 51.4 Å². The van der Waals surface area contributed by atoms with E-state index in [9.17, 15) is 15.2 Å². The molecule has 32 heavy (non-hydrogen) atoms. The number of hydrogen-bond acceptors (Lipinski definition) is 6. The molecule has 0 spiro atoms. The van der Waals surface area contributed by atoms with Crippen LogP contribution in [0.1, 0.15) is 60.3 Å². The monoisotopic (exact) mass is 431 g/mol.